The molecule has 1 aromatic carbocycles. The molecule has 0 spiro atoms. The molecule has 144 valence electrons. The first-order chi connectivity index (χ1) is 13.1. The smallest absolute Gasteiger partial charge is 0.265 e. The first-order valence-corrected chi connectivity index (χ1v) is 10.5. The number of hydrogen-bond donors (Lipinski definition) is 2. The van der Waals surface area contributed by atoms with Crippen molar-refractivity contribution in [2.45, 2.75) is 25.7 Å². The van der Waals surface area contributed by atoms with Gasteiger partial charge in [-0.1, -0.05) is 30.5 Å². The highest BCUT2D eigenvalue weighted by Gasteiger charge is 2.14. The Morgan fingerprint density at radius 3 is 2.56 bits per heavy atom. The molecule has 0 bridgehead atoms. The Balaban J connectivity index is 1.55. The lowest BCUT2D eigenvalue weighted by molar-refractivity contribution is 0.0947. The summed E-state index contributed by atoms with van der Waals surface area (Å²) < 4.78 is 0. The fourth-order valence-electron chi connectivity index (χ4n) is 3.14. The normalized spacial score (nSPS) is 15.1. The summed E-state index contributed by atoms with van der Waals surface area (Å²) in [7, 11) is 0. The molecule has 1 aromatic heterocycles. The van der Waals surface area contributed by atoms with Crippen molar-refractivity contribution in [3.05, 3.63) is 51.2 Å². The van der Waals surface area contributed by atoms with Crippen LogP contribution in [0.25, 0.3) is 0 Å². The zero-order chi connectivity index (χ0) is 19.1. The first-order valence-electron chi connectivity index (χ1n) is 9.28. The van der Waals surface area contributed by atoms with Crippen LogP contribution in [0.2, 0.25) is 5.02 Å². The summed E-state index contributed by atoms with van der Waals surface area (Å²) in [5.74, 6) is -0.390. The van der Waals surface area contributed by atoms with Gasteiger partial charge in [0.05, 0.1) is 15.6 Å². The minimum Gasteiger partial charge on any atom is -0.351 e. The van der Waals surface area contributed by atoms with Crippen molar-refractivity contribution in [3.8, 4) is 0 Å². The number of benzene rings is 1. The van der Waals surface area contributed by atoms with Crippen molar-refractivity contribution < 1.29 is 9.59 Å². The second-order valence-electron chi connectivity index (χ2n) is 6.64. The molecule has 0 saturated carbocycles. The van der Waals surface area contributed by atoms with Crippen LogP contribution in [0.15, 0.2) is 35.7 Å². The highest BCUT2D eigenvalue weighted by molar-refractivity contribution is 7.12. The fraction of sp³-hybridized carbons (Fsp3) is 0.400. The average Bonchev–Trinajstić information content (AvgIpc) is 3.08. The number of nitrogens with one attached hydrogen (secondary N) is 2. The van der Waals surface area contributed by atoms with Crippen LogP contribution in [0.5, 0.6) is 0 Å². The monoisotopic (exact) mass is 405 g/mol. The molecular weight excluding hydrogens is 382 g/mol. The van der Waals surface area contributed by atoms with Gasteiger partial charge in [-0.25, -0.2) is 0 Å². The summed E-state index contributed by atoms with van der Waals surface area (Å²) in [4.78, 5) is 27.7. The molecule has 1 fully saturated rings. The highest BCUT2D eigenvalue weighted by atomic mass is 35.5. The Hall–Kier alpha value is -1.89. The number of hydrogen-bond acceptors (Lipinski definition) is 4. The molecule has 0 atom stereocenters. The number of nitrogens with zero attached hydrogens (tertiary/aromatic N) is 1. The topological polar surface area (TPSA) is 61.4 Å². The molecule has 0 aliphatic carbocycles. The predicted octanol–water partition coefficient (Wildman–Crippen LogP) is 4.26. The molecule has 2 aromatic rings. The third kappa shape index (κ3) is 5.79. The van der Waals surface area contributed by atoms with Crippen LogP contribution in [0.1, 0.15) is 45.7 Å². The number of carbonyl (C=O) groups excluding carboxylic acids is 2. The van der Waals surface area contributed by atoms with E-state index in [1.54, 1.807) is 24.3 Å². The van der Waals surface area contributed by atoms with E-state index >= 15 is 0 Å². The van der Waals surface area contributed by atoms with E-state index in [9.17, 15) is 9.59 Å². The van der Waals surface area contributed by atoms with Gasteiger partial charge in [0.2, 0.25) is 0 Å². The van der Waals surface area contributed by atoms with Crippen LogP contribution < -0.4 is 10.6 Å². The second-order valence-corrected chi connectivity index (χ2v) is 7.99. The van der Waals surface area contributed by atoms with Crippen molar-refractivity contribution in [1.29, 1.82) is 0 Å². The predicted molar refractivity (Wildman–Crippen MR) is 111 cm³/mol. The SMILES string of the molecule is O=C(NCCN1CCCCCC1)c1ccc(Cl)c(NC(=O)c2cccs2)c1. The van der Waals surface area contributed by atoms with Gasteiger partial charge in [-0.2, -0.15) is 0 Å². The number of thiophene rings is 1. The van der Waals surface area contributed by atoms with Gasteiger partial charge in [0.15, 0.2) is 0 Å². The fourth-order valence-corrected chi connectivity index (χ4v) is 3.93. The Kier molecular flexibility index (Phi) is 7.26. The van der Waals surface area contributed by atoms with Crippen molar-refractivity contribution >= 4 is 40.4 Å². The molecule has 1 saturated heterocycles. The lowest BCUT2D eigenvalue weighted by Gasteiger charge is -2.19. The summed E-state index contributed by atoms with van der Waals surface area (Å²) >= 11 is 7.53. The minimum atomic E-state index is -0.231. The minimum absolute atomic E-state index is 0.159. The maximum absolute atomic E-state index is 12.4. The maximum atomic E-state index is 12.4. The quantitative estimate of drug-likeness (QED) is 0.754. The van der Waals surface area contributed by atoms with Crippen molar-refractivity contribution in [1.82, 2.24) is 10.2 Å². The van der Waals surface area contributed by atoms with E-state index < -0.39 is 0 Å². The van der Waals surface area contributed by atoms with E-state index in [1.165, 1.54) is 37.0 Å². The number of amides is 2. The Morgan fingerprint density at radius 2 is 1.85 bits per heavy atom. The van der Waals surface area contributed by atoms with Gasteiger partial charge in [-0.05, 0) is 55.6 Å². The Bertz CT molecular complexity index is 772. The summed E-state index contributed by atoms with van der Waals surface area (Å²) in [6, 6.07) is 8.48. The lowest BCUT2D eigenvalue weighted by atomic mass is 10.2. The van der Waals surface area contributed by atoms with E-state index in [4.69, 9.17) is 11.6 Å². The van der Waals surface area contributed by atoms with Crippen LogP contribution in [0.3, 0.4) is 0 Å². The first kappa shape index (κ1) is 19.9. The summed E-state index contributed by atoms with van der Waals surface area (Å²) in [5, 5.41) is 7.98. The number of carbonyl (C=O) groups is 2. The average molecular weight is 406 g/mol. The third-order valence-electron chi connectivity index (χ3n) is 4.63. The molecule has 27 heavy (non-hydrogen) atoms. The molecule has 3 rings (SSSR count). The number of likely N-dealkylation sites (tertiary alicyclic amines) is 1. The van der Waals surface area contributed by atoms with Crippen LogP contribution in [0, 0.1) is 0 Å². The molecule has 2 heterocycles. The largest absolute Gasteiger partial charge is 0.351 e. The summed E-state index contributed by atoms with van der Waals surface area (Å²) in [6.07, 6.45) is 5.07. The van der Waals surface area contributed by atoms with Crippen LogP contribution >= 0.6 is 22.9 Å². The molecule has 0 radical (unpaired) electrons. The summed E-state index contributed by atoms with van der Waals surface area (Å²) in [6.45, 7) is 3.69. The van der Waals surface area contributed by atoms with E-state index in [0.29, 0.717) is 27.7 Å². The molecule has 5 nitrogen and oxygen atoms in total. The zero-order valence-electron chi connectivity index (χ0n) is 15.2. The Morgan fingerprint density at radius 1 is 1.07 bits per heavy atom. The summed E-state index contributed by atoms with van der Waals surface area (Å²) in [5.41, 5.74) is 0.923. The molecule has 2 N–H and O–H groups in total. The van der Waals surface area contributed by atoms with E-state index in [-0.39, 0.29) is 11.8 Å². The number of rotatable bonds is 6. The zero-order valence-corrected chi connectivity index (χ0v) is 16.7. The van der Waals surface area contributed by atoms with E-state index in [2.05, 4.69) is 15.5 Å². The number of anilines is 1. The van der Waals surface area contributed by atoms with Crippen molar-refractivity contribution in [2.75, 3.05) is 31.5 Å². The lowest BCUT2D eigenvalue weighted by Crippen LogP contribution is -2.35. The standard InChI is InChI=1S/C20H24ClN3O2S/c21-16-8-7-15(14-17(16)23-20(26)18-6-5-13-27-18)19(25)22-9-12-24-10-3-1-2-4-11-24/h5-8,13-14H,1-4,9-12H2,(H,22,25)(H,23,26). The molecule has 0 unspecified atom stereocenters. The molecule has 1 aliphatic heterocycles. The second kappa shape index (κ2) is 9.88. The molecular formula is C20H24ClN3O2S. The molecule has 7 heteroatoms. The van der Waals surface area contributed by atoms with Crippen LogP contribution in [-0.2, 0) is 0 Å². The van der Waals surface area contributed by atoms with Crippen LogP contribution in [0.4, 0.5) is 5.69 Å². The van der Waals surface area contributed by atoms with Gasteiger partial charge in [-0.3, -0.25) is 9.59 Å². The molecule has 2 amide bonds. The van der Waals surface area contributed by atoms with Gasteiger partial charge in [0.1, 0.15) is 0 Å². The third-order valence-corrected chi connectivity index (χ3v) is 5.83. The van der Waals surface area contributed by atoms with Gasteiger partial charge < -0.3 is 15.5 Å². The van der Waals surface area contributed by atoms with E-state index in [0.717, 1.165) is 19.6 Å². The highest BCUT2D eigenvalue weighted by Crippen LogP contribution is 2.24. The van der Waals surface area contributed by atoms with Gasteiger partial charge in [-0.15, -0.1) is 11.3 Å². The van der Waals surface area contributed by atoms with Gasteiger partial charge in [0.25, 0.3) is 11.8 Å². The maximum Gasteiger partial charge on any atom is 0.265 e. The molecule has 1 aliphatic rings. The van der Waals surface area contributed by atoms with Gasteiger partial charge >= 0.3 is 0 Å². The van der Waals surface area contributed by atoms with Crippen molar-refractivity contribution in [2.24, 2.45) is 0 Å². The number of halogens is 1. The van der Waals surface area contributed by atoms with E-state index in [1.807, 2.05) is 11.4 Å². The van der Waals surface area contributed by atoms with Crippen molar-refractivity contribution in [3.63, 3.8) is 0 Å². The van der Waals surface area contributed by atoms with Gasteiger partial charge in [0, 0.05) is 18.7 Å². The Labute approximate surface area is 168 Å². The van der Waals surface area contributed by atoms with Crippen LogP contribution in [-0.4, -0.2) is 42.9 Å².